The normalized spacial score (nSPS) is 55.4. The minimum absolute atomic E-state index is 0.566. The summed E-state index contributed by atoms with van der Waals surface area (Å²) < 4.78 is 5.71. The molecule has 20 heavy (non-hydrogen) atoms. The van der Waals surface area contributed by atoms with Crippen LogP contribution < -0.4 is 5.32 Å². The summed E-state index contributed by atoms with van der Waals surface area (Å²) in [5.41, 5.74) is 1.82. The van der Waals surface area contributed by atoms with E-state index in [0.717, 1.165) is 25.0 Å². The summed E-state index contributed by atoms with van der Waals surface area (Å²) in [5.74, 6) is 1.75. The molecule has 2 nitrogen and oxygen atoms in total. The predicted molar refractivity (Wildman–Crippen MR) is 81.6 cm³/mol. The zero-order valence-corrected chi connectivity index (χ0v) is 13.5. The summed E-state index contributed by atoms with van der Waals surface area (Å²) >= 11 is 0. The Labute approximate surface area is 124 Å². The molecule has 0 aromatic carbocycles. The van der Waals surface area contributed by atoms with Gasteiger partial charge in [0, 0.05) is 18.6 Å². The number of rotatable bonds is 3. The topological polar surface area (TPSA) is 21.3 Å². The highest BCUT2D eigenvalue weighted by Gasteiger charge is 2.62. The third-order valence-corrected chi connectivity index (χ3v) is 7.08. The Kier molecular flexibility index (Phi) is 2.87. The first-order valence-corrected chi connectivity index (χ1v) is 8.71. The Balaban J connectivity index is 1.68. The largest absolute Gasteiger partial charge is 0.381 e. The van der Waals surface area contributed by atoms with Crippen molar-refractivity contribution in [1.29, 1.82) is 0 Å². The van der Waals surface area contributed by atoms with Crippen LogP contribution in [-0.2, 0) is 4.74 Å². The van der Waals surface area contributed by atoms with Crippen LogP contribution in [-0.4, -0.2) is 26.3 Å². The maximum Gasteiger partial charge on any atom is 0.0510 e. The van der Waals surface area contributed by atoms with Gasteiger partial charge in [-0.25, -0.2) is 0 Å². The van der Waals surface area contributed by atoms with Crippen LogP contribution in [0, 0.1) is 28.1 Å². The Morgan fingerprint density at radius 3 is 2.25 bits per heavy atom. The molecule has 114 valence electrons. The highest BCUT2D eigenvalue weighted by Crippen LogP contribution is 2.70. The third-order valence-electron chi connectivity index (χ3n) is 7.08. The van der Waals surface area contributed by atoms with Gasteiger partial charge in [-0.05, 0) is 74.2 Å². The van der Waals surface area contributed by atoms with Crippen LogP contribution in [0.1, 0.15) is 58.8 Å². The summed E-state index contributed by atoms with van der Waals surface area (Å²) in [6.07, 6.45) is 10.2. The Bertz CT molecular complexity index is 382. The molecule has 0 aromatic rings. The molecule has 4 bridgehead atoms. The minimum Gasteiger partial charge on any atom is -0.381 e. The molecule has 1 saturated heterocycles. The number of nitrogens with one attached hydrogen (secondary N) is 1. The van der Waals surface area contributed by atoms with Crippen molar-refractivity contribution in [3.8, 4) is 0 Å². The maximum atomic E-state index is 5.71. The first-order chi connectivity index (χ1) is 9.46. The summed E-state index contributed by atoms with van der Waals surface area (Å²) in [6.45, 7) is 7.15. The van der Waals surface area contributed by atoms with Crippen LogP contribution in [0.5, 0.6) is 0 Å². The second kappa shape index (κ2) is 4.23. The van der Waals surface area contributed by atoms with E-state index in [4.69, 9.17) is 4.74 Å². The van der Waals surface area contributed by atoms with Crippen molar-refractivity contribution in [1.82, 2.24) is 5.32 Å². The lowest BCUT2D eigenvalue weighted by atomic mass is 9.38. The zero-order valence-electron chi connectivity index (χ0n) is 13.5. The summed E-state index contributed by atoms with van der Waals surface area (Å²) in [4.78, 5) is 0. The molecule has 1 heterocycles. The standard InChI is InChI=1S/C18H31NO/c1-16-6-13-7-17(2,10-16)12-18(8-13,11-16)15(19-3)14-4-5-20-9-14/h13-15,19H,4-12H2,1-3H3. The van der Waals surface area contributed by atoms with Gasteiger partial charge in [-0.2, -0.15) is 0 Å². The van der Waals surface area contributed by atoms with E-state index in [0.29, 0.717) is 22.3 Å². The lowest BCUT2D eigenvalue weighted by molar-refractivity contribution is -0.163. The first-order valence-electron chi connectivity index (χ1n) is 8.71. The summed E-state index contributed by atoms with van der Waals surface area (Å²) in [5, 5.41) is 3.76. The number of hydrogen-bond acceptors (Lipinski definition) is 2. The summed E-state index contributed by atoms with van der Waals surface area (Å²) in [6, 6.07) is 0.687. The Morgan fingerprint density at radius 1 is 1.05 bits per heavy atom. The molecule has 1 aliphatic heterocycles. The second-order valence-electron chi connectivity index (χ2n) is 9.38. The average molecular weight is 277 g/mol. The molecule has 5 fully saturated rings. The molecule has 5 rings (SSSR count). The molecule has 4 unspecified atom stereocenters. The smallest absolute Gasteiger partial charge is 0.0510 e. The van der Waals surface area contributed by atoms with Crippen LogP contribution in [0.2, 0.25) is 0 Å². The molecule has 1 N–H and O–H groups in total. The van der Waals surface area contributed by atoms with Gasteiger partial charge in [-0.3, -0.25) is 0 Å². The van der Waals surface area contributed by atoms with Crippen LogP contribution in [0.3, 0.4) is 0 Å². The van der Waals surface area contributed by atoms with Crippen molar-refractivity contribution in [2.24, 2.45) is 28.1 Å². The Morgan fingerprint density at radius 2 is 1.75 bits per heavy atom. The molecule has 0 amide bonds. The van der Waals surface area contributed by atoms with Gasteiger partial charge < -0.3 is 10.1 Å². The van der Waals surface area contributed by atoms with E-state index in [-0.39, 0.29) is 0 Å². The first kappa shape index (κ1) is 13.6. The van der Waals surface area contributed by atoms with Crippen molar-refractivity contribution < 1.29 is 4.74 Å². The van der Waals surface area contributed by atoms with Gasteiger partial charge in [0.2, 0.25) is 0 Å². The molecule has 4 saturated carbocycles. The molecule has 2 heteroatoms. The van der Waals surface area contributed by atoms with Crippen molar-refractivity contribution >= 4 is 0 Å². The van der Waals surface area contributed by atoms with Gasteiger partial charge in [-0.1, -0.05) is 13.8 Å². The van der Waals surface area contributed by atoms with Crippen molar-refractivity contribution in [2.75, 3.05) is 20.3 Å². The Hall–Kier alpha value is -0.0800. The zero-order chi connectivity index (χ0) is 14.0. The fourth-order valence-electron chi connectivity index (χ4n) is 7.74. The highest BCUT2D eigenvalue weighted by atomic mass is 16.5. The van der Waals surface area contributed by atoms with Crippen LogP contribution in [0.15, 0.2) is 0 Å². The SMILES string of the molecule is CNC(C1CCOC1)C12CC3CC(C)(CC(C)(C3)C1)C2. The molecule has 4 aliphatic carbocycles. The lowest BCUT2D eigenvalue weighted by Crippen LogP contribution is -2.62. The molecule has 0 aromatic heterocycles. The summed E-state index contributed by atoms with van der Waals surface area (Å²) in [7, 11) is 2.20. The van der Waals surface area contributed by atoms with E-state index in [1.165, 1.54) is 44.9 Å². The number of ether oxygens (including phenoxy) is 1. The van der Waals surface area contributed by atoms with Gasteiger partial charge in [0.1, 0.15) is 0 Å². The van der Waals surface area contributed by atoms with Crippen LogP contribution in [0.25, 0.3) is 0 Å². The monoisotopic (exact) mass is 277 g/mol. The van der Waals surface area contributed by atoms with E-state index in [2.05, 4.69) is 26.2 Å². The molecular formula is C18H31NO. The van der Waals surface area contributed by atoms with Crippen molar-refractivity contribution in [3.05, 3.63) is 0 Å². The van der Waals surface area contributed by atoms with E-state index >= 15 is 0 Å². The fourth-order valence-corrected chi connectivity index (χ4v) is 7.74. The van der Waals surface area contributed by atoms with E-state index < -0.39 is 0 Å². The quantitative estimate of drug-likeness (QED) is 0.851. The van der Waals surface area contributed by atoms with E-state index in [1.807, 2.05) is 0 Å². The van der Waals surface area contributed by atoms with Gasteiger partial charge in [0.25, 0.3) is 0 Å². The van der Waals surface area contributed by atoms with Gasteiger partial charge in [0.15, 0.2) is 0 Å². The van der Waals surface area contributed by atoms with E-state index in [1.54, 1.807) is 0 Å². The molecule has 0 spiro atoms. The average Bonchev–Trinajstić information content (AvgIpc) is 2.77. The maximum absolute atomic E-state index is 5.71. The third kappa shape index (κ3) is 1.90. The van der Waals surface area contributed by atoms with Crippen molar-refractivity contribution in [2.45, 2.75) is 64.8 Å². The molecule has 0 radical (unpaired) electrons. The van der Waals surface area contributed by atoms with Gasteiger partial charge >= 0.3 is 0 Å². The van der Waals surface area contributed by atoms with Gasteiger partial charge in [0.05, 0.1) is 6.61 Å². The minimum atomic E-state index is 0.566. The van der Waals surface area contributed by atoms with Crippen LogP contribution >= 0.6 is 0 Å². The predicted octanol–water partition coefficient (Wildman–Crippen LogP) is 3.61. The highest BCUT2D eigenvalue weighted by molar-refractivity contribution is 5.14. The molecule has 5 aliphatic rings. The second-order valence-corrected chi connectivity index (χ2v) is 9.38. The van der Waals surface area contributed by atoms with Crippen LogP contribution in [0.4, 0.5) is 0 Å². The lowest BCUT2D eigenvalue weighted by Gasteiger charge is -2.67. The molecular weight excluding hydrogens is 246 g/mol. The van der Waals surface area contributed by atoms with Crippen molar-refractivity contribution in [3.63, 3.8) is 0 Å². The van der Waals surface area contributed by atoms with Gasteiger partial charge in [-0.15, -0.1) is 0 Å². The fraction of sp³-hybridized carbons (Fsp3) is 1.00. The number of hydrogen-bond donors (Lipinski definition) is 1. The molecule has 4 atom stereocenters. The van der Waals surface area contributed by atoms with E-state index in [9.17, 15) is 0 Å².